The SMILES string of the molecule is COc1cc(Cc2nccc(-c3ccc(OC4CCOCC4)c(C#N)c3)n2)ccc1C(=O)O. The molecule has 0 amide bonds. The van der Waals surface area contributed by atoms with E-state index in [1.807, 2.05) is 6.07 Å². The van der Waals surface area contributed by atoms with Crippen LogP contribution < -0.4 is 9.47 Å². The van der Waals surface area contributed by atoms with Gasteiger partial charge in [0, 0.05) is 31.0 Å². The highest BCUT2D eigenvalue weighted by atomic mass is 16.5. The number of nitriles is 1. The van der Waals surface area contributed by atoms with Crippen LogP contribution in [0.4, 0.5) is 0 Å². The van der Waals surface area contributed by atoms with Crippen LogP contribution in [0.2, 0.25) is 0 Å². The van der Waals surface area contributed by atoms with Crippen molar-refractivity contribution in [1.82, 2.24) is 9.97 Å². The molecule has 1 fully saturated rings. The molecule has 3 aromatic rings. The van der Waals surface area contributed by atoms with E-state index in [1.165, 1.54) is 13.2 Å². The first-order chi connectivity index (χ1) is 16.1. The van der Waals surface area contributed by atoms with Crippen LogP contribution in [-0.2, 0) is 11.2 Å². The molecule has 168 valence electrons. The predicted octanol–water partition coefficient (Wildman–Crippen LogP) is 3.87. The van der Waals surface area contributed by atoms with Crippen LogP contribution in [-0.4, -0.2) is 47.5 Å². The molecular formula is C25H23N3O5. The third-order valence-corrected chi connectivity index (χ3v) is 5.42. The standard InChI is InChI=1S/C25H23N3O5/c1-31-23-12-16(2-4-20(23)25(29)30)13-24-27-9-6-21(28-24)17-3-5-22(18(14-17)15-26)33-19-7-10-32-11-8-19/h2-6,9,12,14,19H,7-8,10-11,13H2,1H3,(H,29,30). The quantitative estimate of drug-likeness (QED) is 0.583. The summed E-state index contributed by atoms with van der Waals surface area (Å²) in [6.45, 7) is 1.33. The topological polar surface area (TPSA) is 115 Å². The van der Waals surface area contributed by atoms with Crippen molar-refractivity contribution in [2.24, 2.45) is 0 Å². The van der Waals surface area contributed by atoms with Crippen molar-refractivity contribution in [2.45, 2.75) is 25.4 Å². The fourth-order valence-electron chi connectivity index (χ4n) is 3.70. The Morgan fingerprint density at radius 3 is 2.73 bits per heavy atom. The minimum absolute atomic E-state index is 0.0480. The van der Waals surface area contributed by atoms with E-state index in [0.29, 0.717) is 42.5 Å². The summed E-state index contributed by atoms with van der Waals surface area (Å²) in [7, 11) is 1.44. The Labute approximate surface area is 191 Å². The van der Waals surface area contributed by atoms with Gasteiger partial charge in [-0.15, -0.1) is 0 Å². The van der Waals surface area contributed by atoms with E-state index in [4.69, 9.17) is 14.2 Å². The molecule has 4 rings (SSSR count). The van der Waals surface area contributed by atoms with E-state index < -0.39 is 5.97 Å². The third kappa shape index (κ3) is 5.27. The van der Waals surface area contributed by atoms with Crippen molar-refractivity contribution in [3.05, 3.63) is 71.2 Å². The van der Waals surface area contributed by atoms with E-state index in [0.717, 1.165) is 24.0 Å². The van der Waals surface area contributed by atoms with Gasteiger partial charge in [-0.05, 0) is 42.0 Å². The van der Waals surface area contributed by atoms with Crippen molar-refractivity contribution >= 4 is 5.97 Å². The van der Waals surface area contributed by atoms with Gasteiger partial charge in [0.1, 0.15) is 35.1 Å². The molecule has 0 saturated carbocycles. The largest absolute Gasteiger partial charge is 0.496 e. The van der Waals surface area contributed by atoms with Gasteiger partial charge in [0.05, 0.1) is 31.6 Å². The molecule has 1 aliphatic rings. The summed E-state index contributed by atoms with van der Waals surface area (Å²) >= 11 is 0. The first kappa shape index (κ1) is 22.2. The molecule has 0 spiro atoms. The normalized spacial score (nSPS) is 13.8. The molecule has 0 bridgehead atoms. The summed E-state index contributed by atoms with van der Waals surface area (Å²) in [4.78, 5) is 20.3. The number of ether oxygens (including phenoxy) is 3. The average molecular weight is 445 g/mol. The molecule has 1 aliphatic heterocycles. The van der Waals surface area contributed by atoms with Gasteiger partial charge in [-0.2, -0.15) is 5.26 Å². The highest BCUT2D eigenvalue weighted by Gasteiger charge is 2.18. The van der Waals surface area contributed by atoms with Gasteiger partial charge in [-0.25, -0.2) is 14.8 Å². The Bertz CT molecular complexity index is 1200. The number of carboxylic acids is 1. The summed E-state index contributed by atoms with van der Waals surface area (Å²) in [6, 6.07) is 14.4. The van der Waals surface area contributed by atoms with Crippen LogP contribution in [0, 0.1) is 11.3 Å². The molecule has 33 heavy (non-hydrogen) atoms. The number of hydrogen-bond acceptors (Lipinski definition) is 7. The lowest BCUT2D eigenvalue weighted by Gasteiger charge is -2.23. The van der Waals surface area contributed by atoms with E-state index >= 15 is 0 Å². The zero-order valence-electron chi connectivity index (χ0n) is 18.2. The summed E-state index contributed by atoms with van der Waals surface area (Å²) in [6.07, 6.45) is 3.73. The number of benzene rings is 2. The van der Waals surface area contributed by atoms with Crippen molar-refractivity contribution < 1.29 is 24.1 Å². The van der Waals surface area contributed by atoms with Gasteiger partial charge >= 0.3 is 5.97 Å². The minimum atomic E-state index is -1.05. The molecule has 0 aliphatic carbocycles. The van der Waals surface area contributed by atoms with Gasteiger partial charge in [0.15, 0.2) is 0 Å². The Hall–Kier alpha value is -3.96. The van der Waals surface area contributed by atoms with Crippen LogP contribution in [0.5, 0.6) is 11.5 Å². The highest BCUT2D eigenvalue weighted by molar-refractivity contribution is 5.91. The maximum Gasteiger partial charge on any atom is 0.339 e. The van der Waals surface area contributed by atoms with Gasteiger partial charge < -0.3 is 19.3 Å². The molecule has 0 radical (unpaired) electrons. The summed E-state index contributed by atoms with van der Waals surface area (Å²) in [5.74, 6) is 0.371. The molecule has 0 unspecified atom stereocenters. The second-order valence-corrected chi connectivity index (χ2v) is 7.63. The maximum atomic E-state index is 11.3. The van der Waals surface area contributed by atoms with E-state index in [2.05, 4.69) is 16.0 Å². The van der Waals surface area contributed by atoms with Crippen LogP contribution in [0.3, 0.4) is 0 Å². The Morgan fingerprint density at radius 2 is 2.00 bits per heavy atom. The van der Waals surface area contributed by atoms with Crippen LogP contribution in [0.15, 0.2) is 48.7 Å². The number of nitrogens with zero attached hydrogens (tertiary/aromatic N) is 3. The van der Waals surface area contributed by atoms with Crippen molar-refractivity contribution in [3.8, 4) is 28.8 Å². The number of hydrogen-bond donors (Lipinski definition) is 1. The van der Waals surface area contributed by atoms with Crippen molar-refractivity contribution in [3.63, 3.8) is 0 Å². The molecule has 1 aromatic heterocycles. The molecule has 8 nitrogen and oxygen atoms in total. The van der Waals surface area contributed by atoms with E-state index in [9.17, 15) is 15.2 Å². The van der Waals surface area contributed by atoms with Crippen LogP contribution in [0.25, 0.3) is 11.3 Å². The van der Waals surface area contributed by atoms with E-state index in [-0.39, 0.29) is 17.4 Å². The molecule has 0 atom stereocenters. The van der Waals surface area contributed by atoms with E-state index in [1.54, 1.807) is 36.5 Å². The number of methoxy groups -OCH3 is 1. The highest BCUT2D eigenvalue weighted by Crippen LogP contribution is 2.28. The lowest BCUT2D eigenvalue weighted by molar-refractivity contribution is 0.0254. The predicted molar refractivity (Wildman–Crippen MR) is 119 cm³/mol. The fourth-order valence-corrected chi connectivity index (χ4v) is 3.70. The number of carbonyl (C=O) groups is 1. The third-order valence-electron chi connectivity index (χ3n) is 5.42. The summed E-state index contributed by atoms with van der Waals surface area (Å²) < 4.78 is 16.6. The summed E-state index contributed by atoms with van der Waals surface area (Å²) in [5.41, 5.74) is 2.85. The lowest BCUT2D eigenvalue weighted by atomic mass is 10.1. The molecule has 1 N–H and O–H groups in total. The molecule has 2 heterocycles. The average Bonchev–Trinajstić information content (AvgIpc) is 2.85. The second-order valence-electron chi connectivity index (χ2n) is 7.63. The fraction of sp³-hybridized carbons (Fsp3) is 0.280. The Kier molecular flexibility index (Phi) is 6.81. The van der Waals surface area contributed by atoms with Crippen molar-refractivity contribution in [2.75, 3.05) is 20.3 Å². The number of aromatic carboxylic acids is 1. The second kappa shape index (κ2) is 10.1. The number of rotatable bonds is 7. The van der Waals surface area contributed by atoms with Crippen LogP contribution in [0.1, 0.15) is 40.2 Å². The minimum Gasteiger partial charge on any atom is -0.496 e. The Balaban J connectivity index is 1.55. The van der Waals surface area contributed by atoms with Crippen molar-refractivity contribution in [1.29, 1.82) is 5.26 Å². The number of carboxylic acid groups (broad SMARTS) is 1. The Morgan fingerprint density at radius 1 is 1.18 bits per heavy atom. The zero-order chi connectivity index (χ0) is 23.2. The molecular weight excluding hydrogens is 422 g/mol. The van der Waals surface area contributed by atoms with Gasteiger partial charge in [-0.3, -0.25) is 0 Å². The molecule has 2 aromatic carbocycles. The monoisotopic (exact) mass is 445 g/mol. The smallest absolute Gasteiger partial charge is 0.339 e. The molecule has 8 heteroatoms. The maximum absolute atomic E-state index is 11.3. The van der Waals surface area contributed by atoms with Gasteiger partial charge in [0.2, 0.25) is 0 Å². The first-order valence-electron chi connectivity index (χ1n) is 10.6. The van der Waals surface area contributed by atoms with Crippen LogP contribution >= 0.6 is 0 Å². The first-order valence-corrected chi connectivity index (χ1v) is 10.6. The summed E-state index contributed by atoms with van der Waals surface area (Å²) in [5, 5.41) is 18.9. The lowest BCUT2D eigenvalue weighted by Crippen LogP contribution is -2.26. The number of aromatic nitrogens is 2. The zero-order valence-corrected chi connectivity index (χ0v) is 18.2. The van der Waals surface area contributed by atoms with Gasteiger partial charge in [0.25, 0.3) is 0 Å². The van der Waals surface area contributed by atoms with Gasteiger partial charge in [-0.1, -0.05) is 6.07 Å². The molecule has 1 saturated heterocycles.